The van der Waals surface area contributed by atoms with E-state index < -0.39 is 0 Å². The predicted octanol–water partition coefficient (Wildman–Crippen LogP) is 2.34. The van der Waals surface area contributed by atoms with Gasteiger partial charge in [-0.1, -0.05) is 19.3 Å². The van der Waals surface area contributed by atoms with Gasteiger partial charge in [0.1, 0.15) is 5.82 Å². The molecule has 1 heterocycles. The molecule has 1 aliphatic carbocycles. The summed E-state index contributed by atoms with van der Waals surface area (Å²) in [6, 6.07) is 0.319. The average Bonchev–Trinajstić information content (AvgIpc) is 2.91. The van der Waals surface area contributed by atoms with Gasteiger partial charge in [0, 0.05) is 42.4 Å². The highest BCUT2D eigenvalue weighted by molar-refractivity contribution is 7.99. The topological polar surface area (TPSA) is 55.9 Å². The normalized spacial score (nSPS) is 18.6. The molecule has 1 aromatic heterocycles. The van der Waals surface area contributed by atoms with Gasteiger partial charge in [0.05, 0.1) is 0 Å². The molecule has 19 heavy (non-hydrogen) atoms. The molecule has 1 saturated carbocycles. The van der Waals surface area contributed by atoms with E-state index in [0.717, 1.165) is 29.8 Å². The van der Waals surface area contributed by atoms with Gasteiger partial charge in [-0.25, -0.2) is 4.98 Å². The van der Waals surface area contributed by atoms with Gasteiger partial charge < -0.3 is 4.57 Å². The number of hydrogen-bond donors (Lipinski definition) is 2. The van der Waals surface area contributed by atoms with Gasteiger partial charge in [-0.05, 0) is 19.8 Å². The van der Waals surface area contributed by atoms with Crippen molar-refractivity contribution in [1.82, 2.24) is 15.0 Å². The minimum Gasteiger partial charge on any atom is -0.335 e. The van der Waals surface area contributed by atoms with Crippen molar-refractivity contribution >= 4 is 11.8 Å². The Morgan fingerprint density at radius 2 is 2.26 bits per heavy atom. The Labute approximate surface area is 120 Å². The number of nitrogens with one attached hydrogen (secondary N) is 1. The predicted molar refractivity (Wildman–Crippen MR) is 82.0 cm³/mol. The average molecular weight is 282 g/mol. The standard InChI is InChI=1S/C14H26N4S/c1-2-18-9-8-16-14(18)10-12(17-15)11-19-13-6-4-3-5-7-13/h8-9,12-13,17H,2-7,10-11,15H2,1H3. The molecule has 3 N–H and O–H groups in total. The third-order valence-electron chi connectivity index (χ3n) is 3.89. The van der Waals surface area contributed by atoms with Crippen LogP contribution in [0.4, 0.5) is 0 Å². The molecule has 4 nitrogen and oxygen atoms in total. The van der Waals surface area contributed by atoms with Crippen LogP contribution in [0.2, 0.25) is 0 Å². The van der Waals surface area contributed by atoms with Crippen molar-refractivity contribution in [2.45, 2.75) is 63.3 Å². The zero-order valence-electron chi connectivity index (χ0n) is 11.8. The van der Waals surface area contributed by atoms with Crippen molar-refractivity contribution in [2.75, 3.05) is 5.75 Å². The number of rotatable bonds is 7. The first-order valence-corrected chi connectivity index (χ1v) is 8.46. The van der Waals surface area contributed by atoms with Crippen LogP contribution in [0.3, 0.4) is 0 Å². The maximum Gasteiger partial charge on any atom is 0.110 e. The second-order valence-electron chi connectivity index (χ2n) is 5.29. The van der Waals surface area contributed by atoms with Crippen LogP contribution in [-0.2, 0) is 13.0 Å². The molecule has 1 aliphatic rings. The van der Waals surface area contributed by atoms with Crippen LogP contribution in [0.5, 0.6) is 0 Å². The number of hydrogen-bond acceptors (Lipinski definition) is 4. The Hall–Kier alpha value is -0.520. The summed E-state index contributed by atoms with van der Waals surface area (Å²) in [5, 5.41) is 0.843. The Bertz CT molecular complexity index is 360. The van der Waals surface area contributed by atoms with Gasteiger partial charge in [0.15, 0.2) is 0 Å². The van der Waals surface area contributed by atoms with Gasteiger partial charge in [-0.15, -0.1) is 0 Å². The van der Waals surface area contributed by atoms with E-state index >= 15 is 0 Å². The first-order chi connectivity index (χ1) is 9.33. The summed E-state index contributed by atoms with van der Waals surface area (Å²) in [5.74, 6) is 7.91. The Morgan fingerprint density at radius 3 is 2.95 bits per heavy atom. The summed E-state index contributed by atoms with van der Waals surface area (Å²) >= 11 is 2.09. The molecular weight excluding hydrogens is 256 g/mol. The largest absolute Gasteiger partial charge is 0.335 e. The lowest BCUT2D eigenvalue weighted by molar-refractivity contribution is 0.510. The van der Waals surface area contributed by atoms with Crippen LogP contribution < -0.4 is 11.3 Å². The molecule has 108 valence electrons. The Morgan fingerprint density at radius 1 is 1.47 bits per heavy atom. The quantitative estimate of drug-likeness (QED) is 0.595. The van der Waals surface area contributed by atoms with E-state index in [-0.39, 0.29) is 0 Å². The molecule has 1 atom stereocenters. The number of nitrogens with two attached hydrogens (primary N) is 1. The molecule has 0 spiro atoms. The smallest absolute Gasteiger partial charge is 0.110 e. The molecule has 0 aliphatic heterocycles. The number of aryl methyl sites for hydroxylation is 1. The number of imidazole rings is 1. The molecule has 2 rings (SSSR count). The molecule has 0 aromatic carbocycles. The number of nitrogens with zero attached hydrogens (tertiary/aromatic N) is 2. The third-order valence-corrected chi connectivity index (χ3v) is 5.43. The summed E-state index contributed by atoms with van der Waals surface area (Å²) in [6.07, 6.45) is 11.8. The highest BCUT2D eigenvalue weighted by Gasteiger charge is 2.17. The summed E-state index contributed by atoms with van der Waals surface area (Å²) in [7, 11) is 0. The van der Waals surface area contributed by atoms with E-state index in [4.69, 9.17) is 5.84 Å². The van der Waals surface area contributed by atoms with Crippen molar-refractivity contribution in [3.05, 3.63) is 18.2 Å². The highest BCUT2D eigenvalue weighted by Crippen LogP contribution is 2.28. The van der Waals surface area contributed by atoms with Crippen molar-refractivity contribution in [3.63, 3.8) is 0 Å². The highest BCUT2D eigenvalue weighted by atomic mass is 32.2. The maximum atomic E-state index is 5.70. The van der Waals surface area contributed by atoms with Gasteiger partial charge in [0.2, 0.25) is 0 Å². The fourth-order valence-electron chi connectivity index (χ4n) is 2.69. The molecule has 0 radical (unpaired) electrons. The fraction of sp³-hybridized carbons (Fsp3) is 0.786. The minimum absolute atomic E-state index is 0.319. The van der Waals surface area contributed by atoms with Crippen LogP contribution in [0, 0.1) is 0 Å². The monoisotopic (exact) mass is 282 g/mol. The summed E-state index contributed by atoms with van der Waals surface area (Å²) in [6.45, 7) is 3.12. The van der Waals surface area contributed by atoms with E-state index in [9.17, 15) is 0 Å². The van der Waals surface area contributed by atoms with Crippen LogP contribution in [0.1, 0.15) is 44.9 Å². The third kappa shape index (κ3) is 4.51. The molecule has 5 heteroatoms. The summed E-state index contributed by atoms with van der Waals surface area (Å²) in [5.41, 5.74) is 2.96. The Balaban J connectivity index is 1.79. The fourth-order valence-corrected chi connectivity index (χ4v) is 4.07. The van der Waals surface area contributed by atoms with E-state index in [1.54, 1.807) is 0 Å². The Kier molecular flexibility index (Phi) is 6.20. The lowest BCUT2D eigenvalue weighted by Crippen LogP contribution is -2.39. The minimum atomic E-state index is 0.319. The summed E-state index contributed by atoms with van der Waals surface area (Å²) < 4.78 is 2.19. The van der Waals surface area contributed by atoms with Crippen molar-refractivity contribution in [2.24, 2.45) is 5.84 Å². The van der Waals surface area contributed by atoms with E-state index in [1.165, 1.54) is 32.1 Å². The molecule has 0 bridgehead atoms. The molecule has 1 aromatic rings. The second kappa shape index (κ2) is 7.92. The summed E-state index contributed by atoms with van der Waals surface area (Å²) in [4.78, 5) is 4.43. The maximum absolute atomic E-state index is 5.70. The van der Waals surface area contributed by atoms with Gasteiger partial charge in [-0.3, -0.25) is 11.3 Å². The van der Waals surface area contributed by atoms with Crippen LogP contribution in [0.15, 0.2) is 12.4 Å². The van der Waals surface area contributed by atoms with Crippen molar-refractivity contribution in [3.8, 4) is 0 Å². The number of hydrazine groups is 1. The zero-order chi connectivity index (χ0) is 13.5. The van der Waals surface area contributed by atoms with Gasteiger partial charge >= 0.3 is 0 Å². The molecule has 1 fully saturated rings. The molecule has 1 unspecified atom stereocenters. The zero-order valence-corrected chi connectivity index (χ0v) is 12.7. The van der Waals surface area contributed by atoms with Gasteiger partial charge in [-0.2, -0.15) is 11.8 Å². The van der Waals surface area contributed by atoms with E-state index in [2.05, 4.69) is 33.7 Å². The lowest BCUT2D eigenvalue weighted by Gasteiger charge is -2.23. The SMILES string of the molecule is CCn1ccnc1CC(CSC1CCCCC1)NN. The van der Waals surface area contributed by atoms with E-state index in [0.29, 0.717) is 6.04 Å². The van der Waals surface area contributed by atoms with Crippen LogP contribution in [0.25, 0.3) is 0 Å². The molecule has 0 amide bonds. The first-order valence-electron chi connectivity index (χ1n) is 7.41. The van der Waals surface area contributed by atoms with Crippen molar-refractivity contribution in [1.29, 1.82) is 0 Å². The number of aromatic nitrogens is 2. The molecule has 0 saturated heterocycles. The van der Waals surface area contributed by atoms with Crippen LogP contribution in [-0.4, -0.2) is 26.6 Å². The van der Waals surface area contributed by atoms with Gasteiger partial charge in [0.25, 0.3) is 0 Å². The van der Waals surface area contributed by atoms with E-state index in [1.807, 2.05) is 12.4 Å². The first kappa shape index (κ1) is 14.9. The second-order valence-corrected chi connectivity index (χ2v) is 6.62. The van der Waals surface area contributed by atoms with Crippen molar-refractivity contribution < 1.29 is 0 Å². The van der Waals surface area contributed by atoms with Crippen LogP contribution >= 0.6 is 11.8 Å². The lowest BCUT2D eigenvalue weighted by atomic mass is 10.0. The number of thioether (sulfide) groups is 1. The molecular formula is C14H26N4S.